The lowest BCUT2D eigenvalue weighted by Crippen LogP contribution is -2.02. The highest BCUT2D eigenvalue weighted by atomic mass is 35.5. The summed E-state index contributed by atoms with van der Waals surface area (Å²) in [5, 5.41) is 10.1. The van der Waals surface area contributed by atoms with Crippen LogP contribution in [-0.2, 0) is 0 Å². The summed E-state index contributed by atoms with van der Waals surface area (Å²) in [7, 11) is 0. The van der Waals surface area contributed by atoms with Gasteiger partial charge in [0.15, 0.2) is 0 Å². The fourth-order valence-corrected chi connectivity index (χ4v) is 1.93. The van der Waals surface area contributed by atoms with Gasteiger partial charge in [-0.05, 0) is 29.8 Å². The second-order valence-electron chi connectivity index (χ2n) is 3.74. The highest BCUT2D eigenvalue weighted by molar-refractivity contribution is 6.31. The summed E-state index contributed by atoms with van der Waals surface area (Å²) < 4.78 is 26.6. The largest absolute Gasteiger partial charge is 0.384 e. The predicted octanol–water partition coefficient (Wildman–Crippen LogP) is 4.35. The molecule has 1 N–H and O–H groups in total. The number of halogens is 4. The highest BCUT2D eigenvalue weighted by Gasteiger charge is 2.16. The SMILES string of the molecule is OC(c1ccc(F)c(Cl)c1)c1ccc(Cl)cc1F. The third-order valence-electron chi connectivity index (χ3n) is 2.52. The van der Waals surface area contributed by atoms with Crippen molar-refractivity contribution in [3.05, 3.63) is 69.2 Å². The van der Waals surface area contributed by atoms with Crippen LogP contribution >= 0.6 is 23.2 Å². The van der Waals surface area contributed by atoms with E-state index in [9.17, 15) is 13.9 Å². The first-order valence-electron chi connectivity index (χ1n) is 5.07. The van der Waals surface area contributed by atoms with Crippen molar-refractivity contribution >= 4 is 23.2 Å². The maximum Gasteiger partial charge on any atom is 0.141 e. The molecule has 0 spiro atoms. The van der Waals surface area contributed by atoms with Gasteiger partial charge in [-0.3, -0.25) is 0 Å². The van der Waals surface area contributed by atoms with E-state index in [1.54, 1.807) is 0 Å². The molecule has 0 saturated heterocycles. The lowest BCUT2D eigenvalue weighted by Gasteiger charge is -2.13. The van der Waals surface area contributed by atoms with Crippen LogP contribution in [0.5, 0.6) is 0 Å². The molecule has 0 aromatic heterocycles. The van der Waals surface area contributed by atoms with Crippen LogP contribution in [0.4, 0.5) is 8.78 Å². The van der Waals surface area contributed by atoms with Gasteiger partial charge >= 0.3 is 0 Å². The molecule has 0 radical (unpaired) electrons. The fraction of sp³-hybridized carbons (Fsp3) is 0.0769. The van der Waals surface area contributed by atoms with Crippen molar-refractivity contribution in [3.63, 3.8) is 0 Å². The first kappa shape index (κ1) is 13.3. The van der Waals surface area contributed by atoms with Crippen LogP contribution in [0.15, 0.2) is 36.4 Å². The number of aliphatic hydroxyl groups excluding tert-OH is 1. The van der Waals surface area contributed by atoms with Crippen LogP contribution in [0.3, 0.4) is 0 Å². The average molecular weight is 289 g/mol. The number of hydrogen-bond acceptors (Lipinski definition) is 1. The van der Waals surface area contributed by atoms with E-state index in [0.717, 1.165) is 12.1 Å². The molecule has 2 aromatic carbocycles. The van der Waals surface area contributed by atoms with Crippen molar-refractivity contribution in [2.75, 3.05) is 0 Å². The molecule has 5 heteroatoms. The van der Waals surface area contributed by atoms with Gasteiger partial charge in [-0.15, -0.1) is 0 Å². The summed E-state index contributed by atoms with van der Waals surface area (Å²) in [6.07, 6.45) is -1.22. The predicted molar refractivity (Wildman–Crippen MR) is 66.9 cm³/mol. The molecule has 0 bridgehead atoms. The van der Waals surface area contributed by atoms with E-state index in [0.29, 0.717) is 5.56 Å². The zero-order chi connectivity index (χ0) is 13.3. The van der Waals surface area contributed by atoms with E-state index in [1.165, 1.54) is 24.3 Å². The van der Waals surface area contributed by atoms with Crippen LogP contribution in [0, 0.1) is 11.6 Å². The molecule has 0 fully saturated rings. The zero-order valence-electron chi connectivity index (χ0n) is 9.00. The van der Waals surface area contributed by atoms with Crippen LogP contribution in [0.25, 0.3) is 0 Å². The molecule has 94 valence electrons. The van der Waals surface area contributed by atoms with Crippen molar-refractivity contribution < 1.29 is 13.9 Å². The van der Waals surface area contributed by atoms with Gasteiger partial charge < -0.3 is 5.11 Å². The normalized spacial score (nSPS) is 12.5. The van der Waals surface area contributed by atoms with Crippen molar-refractivity contribution in [3.8, 4) is 0 Å². The molecule has 0 aliphatic rings. The smallest absolute Gasteiger partial charge is 0.141 e. The van der Waals surface area contributed by atoms with Crippen molar-refractivity contribution in [1.29, 1.82) is 0 Å². The Balaban J connectivity index is 2.41. The molecular formula is C13H8Cl2F2O. The Morgan fingerprint density at radius 2 is 1.67 bits per heavy atom. The maximum atomic E-state index is 13.6. The van der Waals surface area contributed by atoms with E-state index in [1.807, 2.05) is 0 Å². The van der Waals surface area contributed by atoms with Crippen LogP contribution in [0.1, 0.15) is 17.2 Å². The minimum Gasteiger partial charge on any atom is -0.384 e. The van der Waals surface area contributed by atoms with Gasteiger partial charge in [-0.1, -0.05) is 35.3 Å². The van der Waals surface area contributed by atoms with E-state index in [2.05, 4.69) is 0 Å². The van der Waals surface area contributed by atoms with E-state index < -0.39 is 17.7 Å². The van der Waals surface area contributed by atoms with Crippen molar-refractivity contribution in [2.24, 2.45) is 0 Å². The Labute approximate surface area is 113 Å². The number of rotatable bonds is 2. The molecule has 0 aliphatic heterocycles. The summed E-state index contributed by atoms with van der Waals surface area (Å²) in [5.74, 6) is -1.22. The Bertz CT molecular complexity index is 587. The van der Waals surface area contributed by atoms with Crippen molar-refractivity contribution in [2.45, 2.75) is 6.10 Å². The molecule has 0 heterocycles. The highest BCUT2D eigenvalue weighted by Crippen LogP contribution is 2.28. The van der Waals surface area contributed by atoms with Crippen LogP contribution < -0.4 is 0 Å². The summed E-state index contributed by atoms with van der Waals surface area (Å²) in [5.41, 5.74) is 0.365. The molecule has 2 rings (SSSR count). The molecule has 1 atom stereocenters. The second-order valence-corrected chi connectivity index (χ2v) is 4.59. The number of hydrogen-bond donors (Lipinski definition) is 1. The topological polar surface area (TPSA) is 20.2 Å². The van der Waals surface area contributed by atoms with Crippen LogP contribution in [-0.4, -0.2) is 5.11 Å². The third-order valence-corrected chi connectivity index (χ3v) is 3.04. The van der Waals surface area contributed by atoms with E-state index >= 15 is 0 Å². The lowest BCUT2D eigenvalue weighted by molar-refractivity contribution is 0.215. The average Bonchev–Trinajstić information content (AvgIpc) is 2.32. The molecule has 0 amide bonds. The fourth-order valence-electron chi connectivity index (χ4n) is 1.59. The molecule has 0 aliphatic carbocycles. The Morgan fingerprint density at radius 1 is 0.944 bits per heavy atom. The Kier molecular flexibility index (Phi) is 3.85. The molecule has 2 aromatic rings. The molecule has 0 saturated carbocycles. The van der Waals surface area contributed by atoms with Gasteiger partial charge in [0.2, 0.25) is 0 Å². The summed E-state index contributed by atoms with van der Waals surface area (Å²) in [6.45, 7) is 0. The standard InChI is InChI=1S/C13H8Cl2F2O/c14-8-2-3-9(12(17)6-8)13(18)7-1-4-11(16)10(15)5-7/h1-6,13,18H. The van der Waals surface area contributed by atoms with E-state index in [4.69, 9.17) is 23.2 Å². The first-order valence-corrected chi connectivity index (χ1v) is 5.82. The van der Waals surface area contributed by atoms with Gasteiger partial charge in [0, 0.05) is 10.6 Å². The van der Waals surface area contributed by atoms with Gasteiger partial charge in [0.25, 0.3) is 0 Å². The van der Waals surface area contributed by atoms with Gasteiger partial charge in [0.1, 0.15) is 17.7 Å². The molecular weight excluding hydrogens is 281 g/mol. The van der Waals surface area contributed by atoms with Crippen molar-refractivity contribution in [1.82, 2.24) is 0 Å². The number of aliphatic hydroxyl groups is 1. The lowest BCUT2D eigenvalue weighted by atomic mass is 10.0. The van der Waals surface area contributed by atoms with Gasteiger partial charge in [-0.25, -0.2) is 8.78 Å². The summed E-state index contributed by atoms with van der Waals surface area (Å²) in [6, 6.07) is 7.67. The minimum absolute atomic E-state index is 0.0575. The number of benzene rings is 2. The zero-order valence-corrected chi connectivity index (χ0v) is 10.5. The second kappa shape index (κ2) is 5.22. The minimum atomic E-state index is -1.22. The molecule has 1 nitrogen and oxygen atoms in total. The van der Waals surface area contributed by atoms with E-state index in [-0.39, 0.29) is 15.6 Å². The first-order chi connectivity index (χ1) is 8.49. The summed E-state index contributed by atoms with van der Waals surface area (Å²) >= 11 is 11.2. The third kappa shape index (κ3) is 2.64. The van der Waals surface area contributed by atoms with Crippen LogP contribution in [0.2, 0.25) is 10.0 Å². The maximum absolute atomic E-state index is 13.6. The quantitative estimate of drug-likeness (QED) is 0.871. The molecule has 18 heavy (non-hydrogen) atoms. The Morgan fingerprint density at radius 3 is 2.28 bits per heavy atom. The Hall–Kier alpha value is -1.16. The van der Waals surface area contributed by atoms with Gasteiger partial charge in [-0.2, -0.15) is 0 Å². The molecule has 1 unspecified atom stereocenters. The van der Waals surface area contributed by atoms with Gasteiger partial charge in [0.05, 0.1) is 5.02 Å². The summed E-state index contributed by atoms with van der Waals surface area (Å²) in [4.78, 5) is 0. The monoisotopic (exact) mass is 288 g/mol.